The number of hydrogen-bond acceptors (Lipinski definition) is 2. The number of hydrogen-bond donors (Lipinski definition) is 1. The van der Waals surface area contributed by atoms with Crippen LogP contribution in [0.3, 0.4) is 0 Å². The largest absolute Gasteiger partial charge is 0.492 e. The minimum atomic E-state index is -0.0469. The second-order valence-electron chi connectivity index (χ2n) is 4.32. The fourth-order valence-electron chi connectivity index (χ4n) is 1.74. The van der Waals surface area contributed by atoms with Crippen LogP contribution in [0.4, 0.5) is 0 Å². The van der Waals surface area contributed by atoms with Crippen molar-refractivity contribution in [3.05, 3.63) is 63.6 Å². The molecule has 0 saturated carbocycles. The van der Waals surface area contributed by atoms with E-state index in [0.29, 0.717) is 11.6 Å². The van der Waals surface area contributed by atoms with Crippen molar-refractivity contribution >= 4 is 27.5 Å². The van der Waals surface area contributed by atoms with Gasteiger partial charge in [0, 0.05) is 15.5 Å². The molecule has 2 aromatic rings. The van der Waals surface area contributed by atoms with Crippen molar-refractivity contribution in [2.45, 2.75) is 12.5 Å². The maximum atomic E-state index is 6.08. The molecule has 0 aromatic heterocycles. The normalized spacial score (nSPS) is 12.2. The fourth-order valence-corrected chi connectivity index (χ4v) is 2.31. The van der Waals surface area contributed by atoms with E-state index in [1.54, 1.807) is 12.1 Å². The van der Waals surface area contributed by atoms with E-state index in [0.717, 1.165) is 16.6 Å². The average molecular weight is 341 g/mol. The van der Waals surface area contributed by atoms with Crippen LogP contribution in [0.25, 0.3) is 0 Å². The summed E-state index contributed by atoms with van der Waals surface area (Å²) in [6.07, 6.45) is 0.773. The Morgan fingerprint density at radius 1 is 1.11 bits per heavy atom. The molecule has 1 unspecified atom stereocenters. The molecule has 0 aliphatic rings. The molecule has 100 valence electrons. The standard InChI is InChI=1S/C15H15BrClNO/c16-15-4-2-1-3-11(15)9-13(18)10-19-14-7-5-12(17)6-8-14/h1-8,13H,9-10,18H2. The molecule has 0 spiro atoms. The van der Waals surface area contributed by atoms with Gasteiger partial charge < -0.3 is 10.5 Å². The van der Waals surface area contributed by atoms with Crippen molar-refractivity contribution in [2.24, 2.45) is 5.73 Å². The van der Waals surface area contributed by atoms with Gasteiger partial charge in [-0.2, -0.15) is 0 Å². The Morgan fingerprint density at radius 3 is 2.47 bits per heavy atom. The molecule has 0 fully saturated rings. The molecule has 0 amide bonds. The van der Waals surface area contributed by atoms with Crippen molar-refractivity contribution in [1.82, 2.24) is 0 Å². The summed E-state index contributed by atoms with van der Waals surface area (Å²) in [6.45, 7) is 0.475. The summed E-state index contributed by atoms with van der Waals surface area (Å²) in [4.78, 5) is 0. The number of rotatable bonds is 5. The molecule has 19 heavy (non-hydrogen) atoms. The smallest absolute Gasteiger partial charge is 0.119 e. The molecule has 4 heteroatoms. The highest BCUT2D eigenvalue weighted by molar-refractivity contribution is 9.10. The minimum absolute atomic E-state index is 0.0469. The fraction of sp³-hybridized carbons (Fsp3) is 0.200. The number of benzene rings is 2. The van der Waals surface area contributed by atoms with Crippen LogP contribution in [-0.4, -0.2) is 12.6 Å². The summed E-state index contributed by atoms with van der Waals surface area (Å²) in [5.74, 6) is 0.784. The molecule has 0 aliphatic heterocycles. The third kappa shape index (κ3) is 4.53. The van der Waals surface area contributed by atoms with Crippen LogP contribution in [-0.2, 0) is 6.42 Å². The SMILES string of the molecule is NC(COc1ccc(Cl)cc1)Cc1ccccc1Br. The summed E-state index contributed by atoms with van der Waals surface area (Å²) in [5, 5.41) is 0.699. The Labute approximate surface area is 126 Å². The van der Waals surface area contributed by atoms with Gasteiger partial charge in [-0.15, -0.1) is 0 Å². The molecule has 2 N–H and O–H groups in total. The van der Waals surface area contributed by atoms with Gasteiger partial charge in [0.1, 0.15) is 12.4 Å². The van der Waals surface area contributed by atoms with Crippen LogP contribution < -0.4 is 10.5 Å². The summed E-state index contributed by atoms with van der Waals surface area (Å²) in [7, 11) is 0. The van der Waals surface area contributed by atoms with Crippen LogP contribution in [0, 0.1) is 0 Å². The van der Waals surface area contributed by atoms with Gasteiger partial charge in [-0.3, -0.25) is 0 Å². The Balaban J connectivity index is 1.86. The highest BCUT2D eigenvalue weighted by Gasteiger charge is 2.07. The third-order valence-corrected chi connectivity index (χ3v) is 3.74. The maximum Gasteiger partial charge on any atom is 0.119 e. The lowest BCUT2D eigenvalue weighted by Gasteiger charge is -2.14. The third-order valence-electron chi connectivity index (χ3n) is 2.72. The van der Waals surface area contributed by atoms with Crippen molar-refractivity contribution in [2.75, 3.05) is 6.61 Å². The maximum absolute atomic E-state index is 6.08. The molecular formula is C15H15BrClNO. The van der Waals surface area contributed by atoms with Gasteiger partial charge in [-0.25, -0.2) is 0 Å². The molecule has 0 saturated heterocycles. The molecule has 0 heterocycles. The lowest BCUT2D eigenvalue weighted by Crippen LogP contribution is -2.30. The van der Waals surface area contributed by atoms with Gasteiger partial charge in [0.05, 0.1) is 0 Å². The highest BCUT2D eigenvalue weighted by atomic mass is 79.9. The quantitative estimate of drug-likeness (QED) is 0.891. The van der Waals surface area contributed by atoms with Gasteiger partial charge in [0.2, 0.25) is 0 Å². The first-order valence-corrected chi connectivity index (χ1v) is 7.19. The van der Waals surface area contributed by atoms with E-state index < -0.39 is 0 Å². The lowest BCUT2D eigenvalue weighted by atomic mass is 10.1. The van der Waals surface area contributed by atoms with Crippen molar-refractivity contribution in [1.29, 1.82) is 0 Å². The van der Waals surface area contributed by atoms with Gasteiger partial charge in [0.15, 0.2) is 0 Å². The van der Waals surface area contributed by atoms with Crippen LogP contribution in [0.1, 0.15) is 5.56 Å². The van der Waals surface area contributed by atoms with Gasteiger partial charge in [0.25, 0.3) is 0 Å². The number of ether oxygens (including phenoxy) is 1. The van der Waals surface area contributed by atoms with E-state index in [4.69, 9.17) is 22.1 Å². The second-order valence-corrected chi connectivity index (χ2v) is 5.61. The van der Waals surface area contributed by atoms with Crippen LogP contribution in [0.15, 0.2) is 53.0 Å². The van der Waals surface area contributed by atoms with E-state index >= 15 is 0 Å². The zero-order chi connectivity index (χ0) is 13.7. The first-order valence-electron chi connectivity index (χ1n) is 6.02. The molecule has 0 aliphatic carbocycles. The number of halogens is 2. The van der Waals surface area contributed by atoms with E-state index in [1.165, 1.54) is 5.56 Å². The summed E-state index contributed by atoms with van der Waals surface area (Å²) in [5.41, 5.74) is 7.27. The predicted octanol–water partition coefficient (Wildman–Crippen LogP) is 4.05. The van der Waals surface area contributed by atoms with Crippen LogP contribution in [0.2, 0.25) is 5.02 Å². The van der Waals surface area contributed by atoms with Crippen molar-refractivity contribution in [3.8, 4) is 5.75 Å². The van der Waals surface area contributed by atoms with E-state index in [2.05, 4.69) is 22.0 Å². The predicted molar refractivity (Wildman–Crippen MR) is 82.8 cm³/mol. The molecule has 0 radical (unpaired) electrons. The van der Waals surface area contributed by atoms with Crippen LogP contribution >= 0.6 is 27.5 Å². The molecule has 1 atom stereocenters. The molecule has 2 aromatic carbocycles. The summed E-state index contributed by atoms with van der Waals surface area (Å²) >= 11 is 9.33. The van der Waals surface area contributed by atoms with Gasteiger partial charge >= 0.3 is 0 Å². The first kappa shape index (κ1) is 14.4. The number of nitrogens with two attached hydrogens (primary N) is 1. The Kier molecular flexibility index (Phi) is 5.25. The Hall–Kier alpha value is -1.03. The van der Waals surface area contributed by atoms with Crippen LogP contribution in [0.5, 0.6) is 5.75 Å². The molecular weight excluding hydrogens is 326 g/mol. The highest BCUT2D eigenvalue weighted by Crippen LogP contribution is 2.18. The van der Waals surface area contributed by atoms with E-state index in [9.17, 15) is 0 Å². The lowest BCUT2D eigenvalue weighted by molar-refractivity contribution is 0.287. The topological polar surface area (TPSA) is 35.2 Å². The van der Waals surface area contributed by atoms with E-state index in [-0.39, 0.29) is 6.04 Å². The Bertz CT molecular complexity index is 530. The average Bonchev–Trinajstić information content (AvgIpc) is 2.41. The van der Waals surface area contributed by atoms with Gasteiger partial charge in [-0.05, 0) is 42.3 Å². The zero-order valence-corrected chi connectivity index (χ0v) is 12.7. The first-order chi connectivity index (χ1) is 9.15. The molecule has 2 rings (SSSR count). The summed E-state index contributed by atoms with van der Waals surface area (Å²) in [6, 6.07) is 15.3. The van der Waals surface area contributed by atoms with Crippen molar-refractivity contribution < 1.29 is 4.74 Å². The molecule has 0 bridgehead atoms. The molecule has 2 nitrogen and oxygen atoms in total. The van der Waals surface area contributed by atoms with Gasteiger partial charge in [-0.1, -0.05) is 45.7 Å². The Morgan fingerprint density at radius 2 is 1.79 bits per heavy atom. The minimum Gasteiger partial charge on any atom is -0.492 e. The van der Waals surface area contributed by atoms with Crippen molar-refractivity contribution in [3.63, 3.8) is 0 Å². The zero-order valence-electron chi connectivity index (χ0n) is 10.4. The van der Waals surface area contributed by atoms with E-state index in [1.807, 2.05) is 30.3 Å². The monoisotopic (exact) mass is 339 g/mol. The summed E-state index contributed by atoms with van der Waals surface area (Å²) < 4.78 is 6.72. The second kappa shape index (κ2) is 6.94.